The molecule has 1 nitrogen and oxygen atoms in total. The topological polar surface area (TPSA) is 17.1 Å². The number of aryl methyl sites for hydroxylation is 3. The first kappa shape index (κ1) is 14.2. The largest absolute Gasteiger partial charge is 0.295 e. The Bertz CT molecular complexity index is 488. The van der Waals surface area contributed by atoms with Crippen LogP contribution in [0.4, 0.5) is 0 Å². The predicted molar refractivity (Wildman–Crippen MR) is 77.1 cm³/mol. The van der Waals surface area contributed by atoms with E-state index in [4.69, 9.17) is 0 Å². The lowest BCUT2D eigenvalue weighted by molar-refractivity contribution is 0.101. The first-order valence-electron chi connectivity index (χ1n) is 6.10. The van der Waals surface area contributed by atoms with Crippen LogP contribution in [-0.2, 0) is 0 Å². The Morgan fingerprint density at radius 3 is 1.56 bits per heavy atom. The van der Waals surface area contributed by atoms with Gasteiger partial charge in [0.2, 0.25) is 0 Å². The molecule has 0 atom stereocenters. The van der Waals surface area contributed by atoms with Gasteiger partial charge in [-0.15, -0.1) is 0 Å². The number of Topliss-reactive ketones (excluding diaryl/α,β-unsaturated/α-hetero) is 1. The summed E-state index contributed by atoms with van der Waals surface area (Å²) >= 11 is 0. The molecule has 0 saturated heterocycles. The first-order chi connectivity index (χ1) is 8.50. The van der Waals surface area contributed by atoms with Crippen molar-refractivity contribution >= 4 is 5.78 Å². The summed E-state index contributed by atoms with van der Waals surface area (Å²) in [5.41, 5.74) is 4.53. The van der Waals surface area contributed by atoms with Crippen molar-refractivity contribution in [2.75, 3.05) is 0 Å². The van der Waals surface area contributed by atoms with Crippen LogP contribution in [0.15, 0.2) is 48.5 Å². The van der Waals surface area contributed by atoms with Gasteiger partial charge in [-0.05, 0) is 33.3 Å². The van der Waals surface area contributed by atoms with Crippen molar-refractivity contribution in [1.82, 2.24) is 0 Å². The molecule has 0 aromatic heterocycles. The Hall–Kier alpha value is -1.89. The molecule has 0 amide bonds. The maximum absolute atomic E-state index is 10.9. The number of hydrogen-bond acceptors (Lipinski definition) is 1. The van der Waals surface area contributed by atoms with Gasteiger partial charge in [0.15, 0.2) is 5.78 Å². The highest BCUT2D eigenvalue weighted by Gasteiger charge is 1.99. The summed E-state index contributed by atoms with van der Waals surface area (Å²) in [4.78, 5) is 10.9. The van der Waals surface area contributed by atoms with E-state index in [0.717, 1.165) is 11.1 Å². The molecule has 0 N–H and O–H groups in total. The number of carbonyl (C=O) groups excluding carboxylic acids is 1. The predicted octanol–water partition coefficient (Wildman–Crippen LogP) is 4.50. The molecule has 2 aromatic rings. The molecule has 2 aromatic carbocycles. The van der Waals surface area contributed by atoms with Crippen molar-refractivity contribution in [3.63, 3.8) is 0 Å². The summed E-state index contributed by atoms with van der Waals surface area (Å²) in [6, 6.07) is 16.1. The van der Waals surface area contributed by atoms with Gasteiger partial charge in [0.1, 0.15) is 0 Å². The van der Waals surface area contributed by atoms with E-state index in [2.05, 4.69) is 38.1 Å². The quantitative estimate of drug-likeness (QED) is 0.671. The van der Waals surface area contributed by atoms with Gasteiger partial charge in [-0.3, -0.25) is 4.79 Å². The van der Waals surface area contributed by atoms with Gasteiger partial charge in [-0.1, -0.05) is 59.7 Å². The molecule has 0 saturated carbocycles. The summed E-state index contributed by atoms with van der Waals surface area (Å²) in [5, 5.41) is 0. The number of rotatable bonds is 1. The molecule has 0 spiro atoms. The summed E-state index contributed by atoms with van der Waals surface area (Å²) in [5.74, 6) is 0.137. The van der Waals surface area contributed by atoms with Crippen LogP contribution in [0.3, 0.4) is 0 Å². The van der Waals surface area contributed by atoms with Crippen molar-refractivity contribution in [3.8, 4) is 0 Å². The fraction of sp³-hybridized carbons (Fsp3) is 0.235. The Morgan fingerprint density at radius 1 is 0.778 bits per heavy atom. The van der Waals surface area contributed by atoms with Gasteiger partial charge < -0.3 is 0 Å². The highest BCUT2D eigenvalue weighted by Crippen LogP contribution is 2.06. The van der Waals surface area contributed by atoms with Crippen LogP contribution in [0, 0.1) is 20.8 Å². The maximum Gasteiger partial charge on any atom is 0.160 e. The molecule has 0 aliphatic heterocycles. The van der Waals surface area contributed by atoms with Gasteiger partial charge in [-0.25, -0.2) is 0 Å². The van der Waals surface area contributed by atoms with E-state index in [9.17, 15) is 4.79 Å². The number of hydrogen-bond donors (Lipinski definition) is 0. The summed E-state index contributed by atoms with van der Waals surface area (Å²) in [6.07, 6.45) is 0. The molecular formula is C17H20O. The monoisotopic (exact) mass is 240 g/mol. The van der Waals surface area contributed by atoms with E-state index in [0.29, 0.717) is 0 Å². The normalized spacial score (nSPS) is 9.33. The minimum absolute atomic E-state index is 0.137. The minimum Gasteiger partial charge on any atom is -0.295 e. The lowest BCUT2D eigenvalue weighted by atomic mass is 10.1. The van der Waals surface area contributed by atoms with Gasteiger partial charge in [-0.2, -0.15) is 0 Å². The number of ketones is 1. The molecule has 0 aliphatic rings. The molecule has 0 fully saturated rings. The molecule has 0 heterocycles. The zero-order valence-corrected chi connectivity index (χ0v) is 11.5. The second-order valence-electron chi connectivity index (χ2n) is 4.53. The van der Waals surface area contributed by atoms with Crippen molar-refractivity contribution in [2.24, 2.45) is 0 Å². The number of benzene rings is 2. The van der Waals surface area contributed by atoms with Crippen LogP contribution in [0.1, 0.15) is 34.0 Å². The molecule has 0 bridgehead atoms. The molecule has 0 unspecified atom stereocenters. The second kappa shape index (κ2) is 6.75. The smallest absolute Gasteiger partial charge is 0.160 e. The molecule has 0 radical (unpaired) electrons. The summed E-state index contributed by atoms with van der Waals surface area (Å²) < 4.78 is 0. The number of carbonyl (C=O) groups is 1. The van der Waals surface area contributed by atoms with Gasteiger partial charge in [0.05, 0.1) is 0 Å². The van der Waals surface area contributed by atoms with Gasteiger partial charge in [0.25, 0.3) is 0 Å². The Morgan fingerprint density at radius 2 is 1.22 bits per heavy atom. The van der Waals surface area contributed by atoms with Gasteiger partial charge >= 0.3 is 0 Å². The Balaban J connectivity index is 0.000000184. The van der Waals surface area contributed by atoms with Gasteiger partial charge in [0, 0.05) is 5.56 Å². The summed E-state index contributed by atoms with van der Waals surface area (Å²) in [7, 11) is 0. The highest BCUT2D eigenvalue weighted by atomic mass is 16.1. The Labute approximate surface area is 109 Å². The standard InChI is InChI=1S/C9H10O.C8H10/c1-7-5-3-4-6-9(7)8(2)10;1-7-3-5-8(2)6-4-7/h3-6H,1-2H3;3-6H,1-2H3. The molecule has 94 valence electrons. The zero-order valence-electron chi connectivity index (χ0n) is 11.5. The molecule has 18 heavy (non-hydrogen) atoms. The molecular weight excluding hydrogens is 220 g/mol. The van der Waals surface area contributed by atoms with Crippen molar-refractivity contribution in [1.29, 1.82) is 0 Å². The lowest BCUT2D eigenvalue weighted by Gasteiger charge is -1.97. The van der Waals surface area contributed by atoms with Crippen LogP contribution >= 0.6 is 0 Å². The lowest BCUT2D eigenvalue weighted by Crippen LogP contribution is -1.93. The molecule has 2 rings (SSSR count). The highest BCUT2D eigenvalue weighted by molar-refractivity contribution is 5.95. The minimum atomic E-state index is 0.137. The van der Waals surface area contributed by atoms with Crippen molar-refractivity contribution < 1.29 is 4.79 Å². The van der Waals surface area contributed by atoms with E-state index in [1.807, 2.05) is 31.2 Å². The molecule has 1 heteroatoms. The van der Waals surface area contributed by atoms with Crippen LogP contribution in [0.2, 0.25) is 0 Å². The van der Waals surface area contributed by atoms with E-state index in [1.54, 1.807) is 6.92 Å². The summed E-state index contributed by atoms with van der Waals surface area (Å²) in [6.45, 7) is 7.72. The first-order valence-corrected chi connectivity index (χ1v) is 6.10. The third kappa shape index (κ3) is 4.54. The van der Waals surface area contributed by atoms with Crippen LogP contribution < -0.4 is 0 Å². The maximum atomic E-state index is 10.9. The fourth-order valence-electron chi connectivity index (χ4n) is 1.60. The van der Waals surface area contributed by atoms with Crippen molar-refractivity contribution in [3.05, 3.63) is 70.8 Å². The second-order valence-corrected chi connectivity index (χ2v) is 4.53. The fourth-order valence-corrected chi connectivity index (χ4v) is 1.60. The SMILES string of the molecule is CC(=O)c1ccccc1C.Cc1ccc(C)cc1. The van der Waals surface area contributed by atoms with E-state index >= 15 is 0 Å². The average molecular weight is 240 g/mol. The van der Waals surface area contributed by atoms with E-state index < -0.39 is 0 Å². The van der Waals surface area contributed by atoms with E-state index in [-0.39, 0.29) is 5.78 Å². The van der Waals surface area contributed by atoms with Crippen molar-refractivity contribution in [2.45, 2.75) is 27.7 Å². The van der Waals surface area contributed by atoms with Crippen LogP contribution in [0.5, 0.6) is 0 Å². The third-order valence-electron chi connectivity index (χ3n) is 2.74. The zero-order chi connectivity index (χ0) is 13.5. The van der Waals surface area contributed by atoms with Crippen LogP contribution in [-0.4, -0.2) is 5.78 Å². The van der Waals surface area contributed by atoms with Crippen LogP contribution in [0.25, 0.3) is 0 Å². The Kier molecular flexibility index (Phi) is 5.31. The molecule has 0 aliphatic carbocycles. The average Bonchev–Trinajstić information content (AvgIpc) is 2.34. The third-order valence-corrected chi connectivity index (χ3v) is 2.74. The van der Waals surface area contributed by atoms with E-state index in [1.165, 1.54) is 11.1 Å².